The van der Waals surface area contributed by atoms with Crippen molar-refractivity contribution in [2.45, 2.75) is 57.4 Å². The Morgan fingerprint density at radius 1 is 1.12 bits per heavy atom. The summed E-state index contributed by atoms with van der Waals surface area (Å²) < 4.78 is 0. The Morgan fingerprint density at radius 3 is 2.35 bits per heavy atom. The Balaban J connectivity index is 1.97. The normalized spacial score (nSPS) is 19.2. The van der Waals surface area contributed by atoms with Crippen LogP contribution < -0.4 is 5.32 Å². The van der Waals surface area contributed by atoms with Crippen molar-refractivity contribution in [3.63, 3.8) is 0 Å². The standard InChI is InChI=1S/C16H25N/c1-13(17-2)12-14-8-10-16(11-9-14)15-6-4-3-5-7-15/h8-11,13,15,17H,3-7,12H2,1-2H3. The Labute approximate surface area is 106 Å². The van der Waals surface area contributed by atoms with Gasteiger partial charge in [0.15, 0.2) is 0 Å². The largest absolute Gasteiger partial charge is 0.317 e. The van der Waals surface area contributed by atoms with E-state index in [1.54, 1.807) is 5.56 Å². The minimum Gasteiger partial charge on any atom is -0.317 e. The van der Waals surface area contributed by atoms with E-state index < -0.39 is 0 Å². The molecule has 0 spiro atoms. The van der Waals surface area contributed by atoms with E-state index in [0.717, 1.165) is 12.3 Å². The van der Waals surface area contributed by atoms with Gasteiger partial charge in [0.05, 0.1) is 0 Å². The molecule has 1 aliphatic rings. The highest BCUT2D eigenvalue weighted by Gasteiger charge is 2.15. The maximum atomic E-state index is 3.29. The molecule has 0 amide bonds. The maximum Gasteiger partial charge on any atom is 0.00761 e. The smallest absolute Gasteiger partial charge is 0.00761 e. The molecule has 1 aliphatic carbocycles. The molecule has 0 heterocycles. The van der Waals surface area contributed by atoms with Gasteiger partial charge in [0.1, 0.15) is 0 Å². The quantitative estimate of drug-likeness (QED) is 0.829. The summed E-state index contributed by atoms with van der Waals surface area (Å²) in [5.41, 5.74) is 3.01. The topological polar surface area (TPSA) is 12.0 Å². The highest BCUT2D eigenvalue weighted by Crippen LogP contribution is 2.32. The molecule has 0 saturated heterocycles. The lowest BCUT2D eigenvalue weighted by Crippen LogP contribution is -2.23. The van der Waals surface area contributed by atoms with Crippen molar-refractivity contribution in [2.24, 2.45) is 0 Å². The highest BCUT2D eigenvalue weighted by atomic mass is 14.8. The predicted octanol–water partition coefficient (Wildman–Crippen LogP) is 3.88. The molecular weight excluding hydrogens is 206 g/mol. The van der Waals surface area contributed by atoms with E-state index in [9.17, 15) is 0 Å². The Hall–Kier alpha value is -0.820. The number of rotatable bonds is 4. The third-order valence-electron chi connectivity index (χ3n) is 4.09. The van der Waals surface area contributed by atoms with Crippen molar-refractivity contribution < 1.29 is 0 Å². The van der Waals surface area contributed by atoms with Gasteiger partial charge in [0.25, 0.3) is 0 Å². The van der Waals surface area contributed by atoms with Crippen LogP contribution in [-0.4, -0.2) is 13.1 Å². The first-order valence-corrected chi connectivity index (χ1v) is 7.05. The first kappa shape index (κ1) is 12.6. The summed E-state index contributed by atoms with van der Waals surface area (Å²) in [4.78, 5) is 0. The number of hydrogen-bond acceptors (Lipinski definition) is 1. The van der Waals surface area contributed by atoms with Gasteiger partial charge in [-0.05, 0) is 50.3 Å². The molecule has 1 nitrogen and oxygen atoms in total. The minimum absolute atomic E-state index is 0.565. The zero-order valence-corrected chi connectivity index (χ0v) is 11.2. The summed E-state index contributed by atoms with van der Waals surface area (Å²) >= 11 is 0. The molecule has 0 bridgehead atoms. The molecule has 0 aromatic heterocycles. The van der Waals surface area contributed by atoms with Crippen molar-refractivity contribution in [3.8, 4) is 0 Å². The van der Waals surface area contributed by atoms with E-state index in [1.165, 1.54) is 37.7 Å². The summed E-state index contributed by atoms with van der Waals surface area (Å²) in [5.74, 6) is 0.833. The van der Waals surface area contributed by atoms with E-state index in [1.807, 2.05) is 7.05 Å². The zero-order chi connectivity index (χ0) is 12.1. The van der Waals surface area contributed by atoms with Gasteiger partial charge in [-0.3, -0.25) is 0 Å². The van der Waals surface area contributed by atoms with E-state index in [2.05, 4.69) is 36.5 Å². The van der Waals surface area contributed by atoms with E-state index in [-0.39, 0.29) is 0 Å². The average molecular weight is 231 g/mol. The molecule has 94 valence electrons. The number of hydrogen-bond donors (Lipinski definition) is 1. The van der Waals surface area contributed by atoms with Crippen molar-refractivity contribution in [3.05, 3.63) is 35.4 Å². The van der Waals surface area contributed by atoms with Gasteiger partial charge in [-0.25, -0.2) is 0 Å². The van der Waals surface area contributed by atoms with Crippen LogP contribution in [0.15, 0.2) is 24.3 Å². The second kappa shape index (κ2) is 6.20. The second-order valence-electron chi connectivity index (χ2n) is 5.47. The monoisotopic (exact) mass is 231 g/mol. The lowest BCUT2D eigenvalue weighted by atomic mass is 9.84. The fourth-order valence-electron chi connectivity index (χ4n) is 2.82. The van der Waals surface area contributed by atoms with Gasteiger partial charge in [-0.15, -0.1) is 0 Å². The second-order valence-corrected chi connectivity index (χ2v) is 5.47. The molecule has 2 rings (SSSR count). The molecule has 1 aromatic carbocycles. The van der Waals surface area contributed by atoms with Crippen molar-refractivity contribution in [2.75, 3.05) is 7.05 Å². The lowest BCUT2D eigenvalue weighted by molar-refractivity contribution is 0.443. The molecule has 1 fully saturated rings. The molecule has 1 atom stereocenters. The van der Waals surface area contributed by atoms with Crippen LogP contribution in [0.3, 0.4) is 0 Å². The number of likely N-dealkylation sites (N-methyl/N-ethyl adjacent to an activating group) is 1. The Morgan fingerprint density at radius 2 is 1.76 bits per heavy atom. The molecule has 1 N–H and O–H groups in total. The van der Waals surface area contributed by atoms with Gasteiger partial charge in [0, 0.05) is 6.04 Å². The molecule has 17 heavy (non-hydrogen) atoms. The fourth-order valence-corrected chi connectivity index (χ4v) is 2.82. The van der Waals surface area contributed by atoms with Crippen LogP contribution in [-0.2, 0) is 6.42 Å². The van der Waals surface area contributed by atoms with Crippen LogP contribution in [0.25, 0.3) is 0 Å². The van der Waals surface area contributed by atoms with Crippen molar-refractivity contribution >= 4 is 0 Å². The van der Waals surface area contributed by atoms with Crippen LogP contribution >= 0.6 is 0 Å². The van der Waals surface area contributed by atoms with Crippen LogP contribution in [0.5, 0.6) is 0 Å². The summed E-state index contributed by atoms with van der Waals surface area (Å²) in [6.45, 7) is 2.23. The lowest BCUT2D eigenvalue weighted by Gasteiger charge is -2.22. The van der Waals surface area contributed by atoms with Gasteiger partial charge >= 0.3 is 0 Å². The molecule has 0 aliphatic heterocycles. The van der Waals surface area contributed by atoms with Gasteiger partial charge in [-0.2, -0.15) is 0 Å². The SMILES string of the molecule is CNC(C)Cc1ccc(C2CCCCC2)cc1. The maximum absolute atomic E-state index is 3.29. The molecule has 1 aromatic rings. The van der Waals surface area contributed by atoms with Crippen LogP contribution in [0.2, 0.25) is 0 Å². The summed E-state index contributed by atoms with van der Waals surface area (Å²) in [7, 11) is 2.03. The first-order chi connectivity index (χ1) is 8.29. The van der Waals surface area contributed by atoms with Gasteiger partial charge in [-0.1, -0.05) is 43.5 Å². The predicted molar refractivity (Wildman–Crippen MR) is 74.5 cm³/mol. The number of nitrogens with one attached hydrogen (secondary N) is 1. The van der Waals surface area contributed by atoms with E-state index in [0.29, 0.717) is 6.04 Å². The van der Waals surface area contributed by atoms with E-state index >= 15 is 0 Å². The first-order valence-electron chi connectivity index (χ1n) is 7.05. The van der Waals surface area contributed by atoms with Crippen LogP contribution in [0.4, 0.5) is 0 Å². The summed E-state index contributed by atoms with van der Waals surface area (Å²) in [5, 5.41) is 3.29. The minimum atomic E-state index is 0.565. The Bertz CT molecular complexity index is 322. The number of benzene rings is 1. The zero-order valence-electron chi connectivity index (χ0n) is 11.2. The molecule has 1 heteroatoms. The average Bonchev–Trinajstić information content (AvgIpc) is 2.40. The highest BCUT2D eigenvalue weighted by molar-refractivity contribution is 5.26. The van der Waals surface area contributed by atoms with Crippen molar-refractivity contribution in [1.82, 2.24) is 5.32 Å². The molecule has 0 radical (unpaired) electrons. The third-order valence-corrected chi connectivity index (χ3v) is 4.09. The fraction of sp³-hybridized carbons (Fsp3) is 0.625. The molecule has 1 unspecified atom stereocenters. The van der Waals surface area contributed by atoms with Gasteiger partial charge in [0.2, 0.25) is 0 Å². The van der Waals surface area contributed by atoms with Gasteiger partial charge < -0.3 is 5.32 Å². The molecular formula is C16H25N. The van der Waals surface area contributed by atoms with E-state index in [4.69, 9.17) is 0 Å². The summed E-state index contributed by atoms with van der Waals surface area (Å²) in [6.07, 6.45) is 8.20. The van der Waals surface area contributed by atoms with Crippen molar-refractivity contribution in [1.29, 1.82) is 0 Å². The van der Waals surface area contributed by atoms with Crippen LogP contribution in [0, 0.1) is 0 Å². The van der Waals surface area contributed by atoms with Crippen LogP contribution in [0.1, 0.15) is 56.1 Å². The summed E-state index contributed by atoms with van der Waals surface area (Å²) in [6, 6.07) is 9.91. The Kier molecular flexibility index (Phi) is 4.61. The molecule has 1 saturated carbocycles. The third kappa shape index (κ3) is 3.57.